The van der Waals surface area contributed by atoms with Crippen molar-refractivity contribution < 1.29 is 10.2 Å². The van der Waals surface area contributed by atoms with Crippen molar-refractivity contribution in [3.8, 4) is 0 Å². The topological polar surface area (TPSA) is 40.5 Å². The van der Waals surface area contributed by atoms with Gasteiger partial charge in [-0.3, -0.25) is 0 Å². The van der Waals surface area contributed by atoms with Crippen LogP contribution in [0.1, 0.15) is 12.5 Å². The summed E-state index contributed by atoms with van der Waals surface area (Å²) in [7, 11) is 0. The highest BCUT2D eigenvalue weighted by atomic mass is 16.3. The van der Waals surface area contributed by atoms with Crippen LogP contribution in [0.25, 0.3) is 0 Å². The number of aryl methyl sites for hydroxylation is 1. The molecule has 0 aliphatic rings. The van der Waals surface area contributed by atoms with E-state index < -0.39 is 0 Å². The van der Waals surface area contributed by atoms with E-state index in [0.29, 0.717) is 0 Å². The van der Waals surface area contributed by atoms with Crippen molar-refractivity contribution in [2.45, 2.75) is 13.8 Å². The van der Waals surface area contributed by atoms with Gasteiger partial charge in [-0.1, -0.05) is 42.8 Å². The maximum Gasteiger partial charge on any atom is 0.0478 e. The van der Waals surface area contributed by atoms with Crippen LogP contribution in [0.3, 0.4) is 0 Å². The Balaban J connectivity index is 0.000000226. The molecule has 1 rings (SSSR count). The minimum absolute atomic E-state index is 0.0463. The summed E-state index contributed by atoms with van der Waals surface area (Å²) in [6.07, 6.45) is 0. The Morgan fingerprint density at radius 2 is 1.54 bits per heavy atom. The fraction of sp³-hybridized carbons (Fsp3) is 0.455. The van der Waals surface area contributed by atoms with E-state index in [9.17, 15) is 0 Å². The van der Waals surface area contributed by atoms with Crippen molar-refractivity contribution in [2.24, 2.45) is 5.92 Å². The second kappa shape index (κ2) is 7.77. The molecule has 74 valence electrons. The van der Waals surface area contributed by atoms with E-state index in [1.54, 1.807) is 6.92 Å². The Labute approximate surface area is 79.9 Å². The van der Waals surface area contributed by atoms with Gasteiger partial charge in [0.1, 0.15) is 0 Å². The first-order chi connectivity index (χ1) is 6.20. The molecular weight excluding hydrogens is 164 g/mol. The van der Waals surface area contributed by atoms with Gasteiger partial charge in [0.2, 0.25) is 0 Å². The molecule has 1 aromatic rings. The predicted octanol–water partition coefficient (Wildman–Crippen LogP) is 1.60. The zero-order valence-corrected chi connectivity index (χ0v) is 8.27. The van der Waals surface area contributed by atoms with E-state index in [1.165, 1.54) is 5.56 Å². The molecule has 13 heavy (non-hydrogen) atoms. The fourth-order valence-electron chi connectivity index (χ4n) is 0.592. The first-order valence-corrected chi connectivity index (χ1v) is 4.44. The summed E-state index contributed by atoms with van der Waals surface area (Å²) >= 11 is 0. The number of hydrogen-bond acceptors (Lipinski definition) is 2. The number of hydrogen-bond donors (Lipinski definition) is 2. The Morgan fingerprint density at radius 3 is 1.69 bits per heavy atom. The molecule has 0 aliphatic carbocycles. The molecule has 0 heterocycles. The SMILES string of the molecule is CC(CO)CO.Cc1ccccc1. The van der Waals surface area contributed by atoms with Crippen molar-refractivity contribution in [3.63, 3.8) is 0 Å². The molecule has 0 saturated carbocycles. The van der Waals surface area contributed by atoms with Crippen LogP contribution in [0.15, 0.2) is 30.3 Å². The molecule has 0 radical (unpaired) electrons. The minimum atomic E-state index is 0.0463. The van der Waals surface area contributed by atoms with Gasteiger partial charge in [-0.05, 0) is 6.92 Å². The first kappa shape index (κ1) is 12.1. The lowest BCUT2D eigenvalue weighted by Gasteiger charge is -1.97. The van der Waals surface area contributed by atoms with Crippen molar-refractivity contribution in [1.29, 1.82) is 0 Å². The summed E-state index contributed by atoms with van der Waals surface area (Å²) in [5.74, 6) is 0.0463. The van der Waals surface area contributed by atoms with Gasteiger partial charge in [0.25, 0.3) is 0 Å². The van der Waals surface area contributed by atoms with Crippen molar-refractivity contribution in [2.75, 3.05) is 13.2 Å². The van der Waals surface area contributed by atoms with E-state index in [2.05, 4.69) is 19.1 Å². The van der Waals surface area contributed by atoms with E-state index >= 15 is 0 Å². The van der Waals surface area contributed by atoms with Crippen molar-refractivity contribution >= 4 is 0 Å². The van der Waals surface area contributed by atoms with E-state index in [0.717, 1.165) is 0 Å². The van der Waals surface area contributed by atoms with Crippen LogP contribution in [-0.2, 0) is 0 Å². The fourth-order valence-corrected chi connectivity index (χ4v) is 0.592. The van der Waals surface area contributed by atoms with Gasteiger partial charge in [-0.25, -0.2) is 0 Å². The summed E-state index contributed by atoms with van der Waals surface area (Å²) in [6, 6.07) is 10.3. The lowest BCUT2D eigenvalue weighted by Crippen LogP contribution is -2.04. The van der Waals surface area contributed by atoms with Crippen LogP contribution in [0.2, 0.25) is 0 Å². The van der Waals surface area contributed by atoms with Crippen LogP contribution in [0.5, 0.6) is 0 Å². The van der Waals surface area contributed by atoms with Crippen LogP contribution in [-0.4, -0.2) is 23.4 Å². The zero-order chi connectivity index (χ0) is 10.1. The van der Waals surface area contributed by atoms with Crippen LogP contribution >= 0.6 is 0 Å². The van der Waals surface area contributed by atoms with Crippen molar-refractivity contribution in [3.05, 3.63) is 35.9 Å². The quantitative estimate of drug-likeness (QED) is 0.729. The van der Waals surface area contributed by atoms with Gasteiger partial charge in [0.05, 0.1) is 0 Å². The van der Waals surface area contributed by atoms with E-state index in [-0.39, 0.29) is 19.1 Å². The highest BCUT2D eigenvalue weighted by molar-refractivity contribution is 5.11. The molecule has 1 aromatic carbocycles. The summed E-state index contributed by atoms with van der Waals surface area (Å²) in [4.78, 5) is 0. The normalized spacial score (nSPS) is 9.31. The number of aliphatic hydroxyl groups is 2. The largest absolute Gasteiger partial charge is 0.396 e. The predicted molar refractivity (Wildman–Crippen MR) is 54.5 cm³/mol. The molecule has 0 atom stereocenters. The highest BCUT2D eigenvalue weighted by Gasteiger charge is 1.91. The van der Waals surface area contributed by atoms with E-state index in [4.69, 9.17) is 10.2 Å². The van der Waals surface area contributed by atoms with Gasteiger partial charge in [-0.15, -0.1) is 0 Å². The average molecular weight is 182 g/mol. The monoisotopic (exact) mass is 182 g/mol. The first-order valence-electron chi connectivity index (χ1n) is 4.44. The summed E-state index contributed by atoms with van der Waals surface area (Å²) in [5, 5.41) is 16.3. The summed E-state index contributed by atoms with van der Waals surface area (Å²) in [5.41, 5.74) is 1.32. The number of aliphatic hydroxyl groups excluding tert-OH is 2. The Hall–Kier alpha value is -0.860. The molecule has 0 aliphatic heterocycles. The van der Waals surface area contributed by atoms with E-state index in [1.807, 2.05) is 18.2 Å². The summed E-state index contributed by atoms with van der Waals surface area (Å²) < 4.78 is 0. The summed E-state index contributed by atoms with van der Waals surface area (Å²) in [6.45, 7) is 4.02. The standard InChI is InChI=1S/C7H8.C4H10O2/c1-7-5-3-2-4-6-7;1-4(2-5)3-6/h2-6H,1H3;4-6H,2-3H2,1H3. The molecule has 0 fully saturated rings. The molecule has 0 aromatic heterocycles. The average Bonchev–Trinajstić information content (AvgIpc) is 2.19. The Morgan fingerprint density at radius 1 is 1.08 bits per heavy atom. The van der Waals surface area contributed by atoms with Gasteiger partial charge < -0.3 is 10.2 Å². The third kappa shape index (κ3) is 7.50. The Bertz CT molecular complexity index is 193. The number of rotatable bonds is 2. The molecule has 0 unspecified atom stereocenters. The molecule has 2 nitrogen and oxygen atoms in total. The van der Waals surface area contributed by atoms with Crippen LogP contribution < -0.4 is 0 Å². The molecule has 2 N–H and O–H groups in total. The highest BCUT2D eigenvalue weighted by Crippen LogP contribution is 1.92. The maximum atomic E-state index is 8.17. The molecule has 0 spiro atoms. The minimum Gasteiger partial charge on any atom is -0.396 e. The third-order valence-corrected chi connectivity index (χ3v) is 1.56. The van der Waals surface area contributed by atoms with Gasteiger partial charge in [0, 0.05) is 19.1 Å². The van der Waals surface area contributed by atoms with Crippen LogP contribution in [0.4, 0.5) is 0 Å². The zero-order valence-electron chi connectivity index (χ0n) is 8.27. The second-order valence-corrected chi connectivity index (χ2v) is 3.13. The Kier molecular flexibility index (Phi) is 7.26. The van der Waals surface area contributed by atoms with Crippen molar-refractivity contribution in [1.82, 2.24) is 0 Å². The van der Waals surface area contributed by atoms with Gasteiger partial charge in [0.15, 0.2) is 0 Å². The lowest BCUT2D eigenvalue weighted by atomic mass is 10.2. The number of benzene rings is 1. The smallest absolute Gasteiger partial charge is 0.0478 e. The third-order valence-electron chi connectivity index (χ3n) is 1.56. The maximum absolute atomic E-state index is 8.17. The second-order valence-electron chi connectivity index (χ2n) is 3.13. The molecule has 2 heteroatoms. The van der Waals surface area contributed by atoms with Crippen LogP contribution in [0, 0.1) is 12.8 Å². The molecule has 0 saturated heterocycles. The lowest BCUT2D eigenvalue weighted by molar-refractivity contribution is 0.162. The molecule has 0 bridgehead atoms. The van der Waals surface area contributed by atoms with Gasteiger partial charge in [-0.2, -0.15) is 0 Å². The van der Waals surface area contributed by atoms with Gasteiger partial charge >= 0.3 is 0 Å². The molecule has 0 amide bonds. The molecular formula is C11H18O2.